The Morgan fingerprint density at radius 1 is 1.31 bits per heavy atom. The van der Waals surface area contributed by atoms with E-state index in [1.165, 1.54) is 0 Å². The summed E-state index contributed by atoms with van der Waals surface area (Å²) in [6.45, 7) is 3.70. The molecule has 2 N–H and O–H groups in total. The number of hydrogen-bond acceptors (Lipinski definition) is 2. The molecular formula is C11H14N2. The van der Waals surface area contributed by atoms with E-state index in [1.54, 1.807) is 0 Å². The third-order valence-electron chi connectivity index (χ3n) is 2.22. The summed E-state index contributed by atoms with van der Waals surface area (Å²) in [4.78, 5) is 0. The first kappa shape index (κ1) is 9.76. The molecule has 0 radical (unpaired) electrons. The van der Waals surface area contributed by atoms with Gasteiger partial charge in [-0.15, -0.1) is 0 Å². The first-order valence-electron chi connectivity index (χ1n) is 4.29. The number of rotatable bonds is 2. The van der Waals surface area contributed by atoms with Crippen molar-refractivity contribution in [3.63, 3.8) is 0 Å². The van der Waals surface area contributed by atoms with Gasteiger partial charge in [0.2, 0.25) is 0 Å². The molecule has 1 atom stereocenters. The normalized spacial score (nSPS) is 13.4. The fourth-order valence-corrected chi connectivity index (χ4v) is 1.15. The average molecular weight is 174 g/mol. The zero-order chi connectivity index (χ0) is 9.90. The van der Waals surface area contributed by atoms with Gasteiger partial charge in [0, 0.05) is 6.04 Å². The minimum Gasteiger partial charge on any atom is -0.323 e. The number of nitrogens with two attached hydrogens (primary N) is 1. The van der Waals surface area contributed by atoms with Gasteiger partial charge in [-0.3, -0.25) is 0 Å². The molecule has 0 saturated carbocycles. The Balaban J connectivity index is 2.94. The van der Waals surface area contributed by atoms with Gasteiger partial charge < -0.3 is 5.73 Å². The summed E-state index contributed by atoms with van der Waals surface area (Å²) in [6.07, 6.45) is 0. The van der Waals surface area contributed by atoms with Crippen molar-refractivity contribution in [1.82, 2.24) is 0 Å². The standard InChI is InChI=1S/C11H14N2/c1-11(2,8-12)10(13)9-6-4-3-5-7-9/h3-7,10H,13H2,1-2H3/t10-/m1/s1. The predicted molar refractivity (Wildman–Crippen MR) is 52.8 cm³/mol. The van der Waals surface area contributed by atoms with Crippen LogP contribution in [0.15, 0.2) is 30.3 Å². The van der Waals surface area contributed by atoms with Gasteiger partial charge in [-0.1, -0.05) is 30.3 Å². The van der Waals surface area contributed by atoms with Crippen LogP contribution in [0.3, 0.4) is 0 Å². The van der Waals surface area contributed by atoms with E-state index in [0.717, 1.165) is 5.56 Å². The van der Waals surface area contributed by atoms with Crippen molar-refractivity contribution in [3.05, 3.63) is 35.9 Å². The van der Waals surface area contributed by atoms with Crippen LogP contribution in [0.5, 0.6) is 0 Å². The molecule has 1 aromatic rings. The van der Waals surface area contributed by atoms with Gasteiger partial charge >= 0.3 is 0 Å². The summed E-state index contributed by atoms with van der Waals surface area (Å²) in [5.41, 5.74) is 6.46. The molecule has 0 fully saturated rings. The summed E-state index contributed by atoms with van der Waals surface area (Å²) >= 11 is 0. The number of benzene rings is 1. The van der Waals surface area contributed by atoms with E-state index in [9.17, 15) is 0 Å². The van der Waals surface area contributed by atoms with Crippen LogP contribution in [0.25, 0.3) is 0 Å². The molecule has 1 rings (SSSR count). The first-order chi connectivity index (χ1) is 6.08. The van der Waals surface area contributed by atoms with Crippen LogP contribution in [-0.2, 0) is 0 Å². The van der Waals surface area contributed by atoms with Crippen LogP contribution in [0.1, 0.15) is 25.5 Å². The minimum atomic E-state index is -0.513. The van der Waals surface area contributed by atoms with Crippen molar-refractivity contribution in [2.75, 3.05) is 0 Å². The van der Waals surface area contributed by atoms with Crippen molar-refractivity contribution in [1.29, 1.82) is 5.26 Å². The number of hydrogen-bond donors (Lipinski definition) is 1. The van der Waals surface area contributed by atoms with Crippen LogP contribution in [0.4, 0.5) is 0 Å². The van der Waals surface area contributed by atoms with Crippen molar-refractivity contribution in [2.45, 2.75) is 19.9 Å². The van der Waals surface area contributed by atoms with E-state index in [1.807, 2.05) is 44.2 Å². The molecule has 0 aromatic heterocycles. The average Bonchev–Trinajstić information content (AvgIpc) is 2.18. The Kier molecular flexibility index (Phi) is 2.69. The molecule has 0 amide bonds. The van der Waals surface area contributed by atoms with E-state index >= 15 is 0 Å². The molecule has 0 saturated heterocycles. The molecule has 68 valence electrons. The van der Waals surface area contributed by atoms with Crippen molar-refractivity contribution in [2.24, 2.45) is 11.1 Å². The number of nitriles is 1. The molecular weight excluding hydrogens is 160 g/mol. The quantitative estimate of drug-likeness (QED) is 0.747. The summed E-state index contributed by atoms with van der Waals surface area (Å²) in [6, 6.07) is 11.7. The highest BCUT2D eigenvalue weighted by molar-refractivity contribution is 5.22. The Bertz CT molecular complexity index is 309. The van der Waals surface area contributed by atoms with Gasteiger partial charge in [-0.05, 0) is 19.4 Å². The largest absolute Gasteiger partial charge is 0.323 e. The van der Waals surface area contributed by atoms with Crippen molar-refractivity contribution < 1.29 is 0 Å². The maximum Gasteiger partial charge on any atom is 0.0710 e. The second kappa shape index (κ2) is 3.59. The Morgan fingerprint density at radius 2 is 1.85 bits per heavy atom. The molecule has 1 aromatic carbocycles. The first-order valence-corrected chi connectivity index (χ1v) is 4.29. The molecule has 0 heterocycles. The van der Waals surface area contributed by atoms with E-state index in [-0.39, 0.29) is 6.04 Å². The summed E-state index contributed by atoms with van der Waals surface area (Å²) in [5.74, 6) is 0. The highest BCUT2D eigenvalue weighted by Gasteiger charge is 2.26. The van der Waals surface area contributed by atoms with Crippen molar-refractivity contribution >= 4 is 0 Å². The van der Waals surface area contributed by atoms with Gasteiger partial charge in [0.1, 0.15) is 0 Å². The molecule has 2 nitrogen and oxygen atoms in total. The second-order valence-corrected chi connectivity index (χ2v) is 3.72. The predicted octanol–water partition coefficient (Wildman–Crippen LogP) is 2.24. The van der Waals surface area contributed by atoms with Crippen LogP contribution in [0.2, 0.25) is 0 Å². The maximum absolute atomic E-state index is 8.90. The second-order valence-electron chi connectivity index (χ2n) is 3.72. The van der Waals surface area contributed by atoms with Gasteiger partial charge in [0.05, 0.1) is 11.5 Å². The molecule has 13 heavy (non-hydrogen) atoms. The van der Waals surface area contributed by atoms with Gasteiger partial charge in [0.25, 0.3) is 0 Å². The molecule has 2 heteroatoms. The fraction of sp³-hybridized carbons (Fsp3) is 0.364. The van der Waals surface area contributed by atoms with Crippen molar-refractivity contribution in [3.8, 4) is 6.07 Å². The third kappa shape index (κ3) is 2.07. The molecule has 0 aliphatic carbocycles. The lowest BCUT2D eigenvalue weighted by molar-refractivity contribution is 0.393. The van der Waals surface area contributed by atoms with E-state index < -0.39 is 5.41 Å². The van der Waals surface area contributed by atoms with E-state index in [4.69, 9.17) is 11.0 Å². The lowest BCUT2D eigenvalue weighted by atomic mass is 9.82. The maximum atomic E-state index is 8.90. The minimum absolute atomic E-state index is 0.223. The lowest BCUT2D eigenvalue weighted by Crippen LogP contribution is -2.27. The molecule has 0 unspecified atom stereocenters. The number of nitrogens with zero attached hydrogens (tertiary/aromatic N) is 1. The molecule has 0 aliphatic rings. The lowest BCUT2D eigenvalue weighted by Gasteiger charge is -2.24. The summed E-state index contributed by atoms with van der Waals surface area (Å²) in [5, 5.41) is 8.90. The Labute approximate surface area is 79.0 Å². The molecule has 0 spiro atoms. The van der Waals surface area contributed by atoms with E-state index in [0.29, 0.717) is 0 Å². The highest BCUT2D eigenvalue weighted by atomic mass is 14.7. The zero-order valence-electron chi connectivity index (χ0n) is 7.99. The van der Waals surface area contributed by atoms with Crippen LogP contribution in [-0.4, -0.2) is 0 Å². The SMILES string of the molecule is CC(C)(C#N)[C@H](N)c1ccccc1. The van der Waals surface area contributed by atoms with Crippen LogP contribution in [0, 0.1) is 16.7 Å². The van der Waals surface area contributed by atoms with Gasteiger partial charge in [-0.2, -0.15) is 5.26 Å². The molecule has 0 bridgehead atoms. The van der Waals surface area contributed by atoms with Gasteiger partial charge in [-0.25, -0.2) is 0 Å². The topological polar surface area (TPSA) is 49.8 Å². The summed E-state index contributed by atoms with van der Waals surface area (Å²) in [7, 11) is 0. The highest BCUT2D eigenvalue weighted by Crippen LogP contribution is 2.29. The fourth-order valence-electron chi connectivity index (χ4n) is 1.15. The Hall–Kier alpha value is -1.33. The third-order valence-corrected chi connectivity index (χ3v) is 2.22. The molecule has 0 aliphatic heterocycles. The smallest absolute Gasteiger partial charge is 0.0710 e. The summed E-state index contributed by atoms with van der Waals surface area (Å²) < 4.78 is 0. The van der Waals surface area contributed by atoms with Crippen LogP contribution < -0.4 is 5.73 Å². The monoisotopic (exact) mass is 174 g/mol. The Morgan fingerprint density at radius 3 is 2.31 bits per heavy atom. The van der Waals surface area contributed by atoms with Crippen LogP contribution >= 0.6 is 0 Å². The zero-order valence-corrected chi connectivity index (χ0v) is 7.99. The van der Waals surface area contributed by atoms with E-state index in [2.05, 4.69) is 6.07 Å². The van der Waals surface area contributed by atoms with Gasteiger partial charge in [0.15, 0.2) is 0 Å².